The zero-order valence-electron chi connectivity index (χ0n) is 12.4. The smallest absolute Gasteiger partial charge is 0.281 e. The second-order valence-corrected chi connectivity index (χ2v) is 5.69. The van der Waals surface area contributed by atoms with Crippen LogP contribution in [-0.4, -0.2) is 35.8 Å². The third-order valence-electron chi connectivity index (χ3n) is 3.88. The third kappa shape index (κ3) is 2.57. The van der Waals surface area contributed by atoms with Gasteiger partial charge in [-0.05, 0) is 6.08 Å². The summed E-state index contributed by atoms with van der Waals surface area (Å²) in [7, 11) is 0. The quantitative estimate of drug-likeness (QED) is 0.814. The van der Waals surface area contributed by atoms with E-state index in [9.17, 15) is 9.18 Å². The molecule has 1 aliphatic heterocycles. The van der Waals surface area contributed by atoms with Crippen molar-refractivity contribution < 1.29 is 4.39 Å². The lowest BCUT2D eigenvalue weighted by Crippen LogP contribution is -2.59. The SMILES string of the molecule is CCc1nc2c(c(=O)n1N1CCNCC1)=C(Cl)C=CCC=2F. The average Bonchev–Trinajstić information content (AvgIpc) is 2.67. The normalized spacial score (nSPS) is 18.4. The Labute approximate surface area is 132 Å². The fourth-order valence-electron chi connectivity index (χ4n) is 2.79. The number of hydrogen-bond donors (Lipinski definition) is 1. The standard InChI is InChI=1S/C15H18ClFN4O/c1-2-12-19-14-11(17)5-3-4-10(16)13(14)15(22)21(12)20-8-6-18-7-9-20/h3-4,18H,2,5-9H2,1H3. The van der Waals surface area contributed by atoms with Gasteiger partial charge in [0.25, 0.3) is 5.56 Å². The van der Waals surface area contributed by atoms with Crippen molar-refractivity contribution in [3.05, 3.63) is 38.9 Å². The van der Waals surface area contributed by atoms with Crippen LogP contribution >= 0.6 is 11.6 Å². The van der Waals surface area contributed by atoms with Crippen molar-refractivity contribution >= 4 is 22.5 Å². The molecule has 1 aliphatic carbocycles. The van der Waals surface area contributed by atoms with Gasteiger partial charge in [-0.15, -0.1) is 0 Å². The Hall–Kier alpha value is -1.66. The van der Waals surface area contributed by atoms with Gasteiger partial charge >= 0.3 is 0 Å². The highest BCUT2D eigenvalue weighted by Gasteiger charge is 2.19. The van der Waals surface area contributed by atoms with Crippen molar-refractivity contribution in [2.24, 2.45) is 0 Å². The fraction of sp³-hybridized carbons (Fsp3) is 0.467. The maximum atomic E-state index is 14.2. The number of allylic oxidation sites excluding steroid dienone is 2. The van der Waals surface area contributed by atoms with Crippen LogP contribution in [0.1, 0.15) is 19.2 Å². The van der Waals surface area contributed by atoms with Gasteiger partial charge in [-0.3, -0.25) is 4.79 Å². The van der Waals surface area contributed by atoms with Gasteiger partial charge in [-0.25, -0.2) is 14.1 Å². The van der Waals surface area contributed by atoms with E-state index in [0.717, 1.165) is 13.1 Å². The number of nitrogens with zero attached hydrogens (tertiary/aromatic N) is 3. The molecule has 2 aliphatic rings. The predicted molar refractivity (Wildman–Crippen MR) is 85.5 cm³/mol. The van der Waals surface area contributed by atoms with Crippen LogP contribution in [0.5, 0.6) is 0 Å². The molecule has 5 nitrogen and oxygen atoms in total. The molecule has 0 bridgehead atoms. The molecule has 1 saturated heterocycles. The van der Waals surface area contributed by atoms with Crippen LogP contribution in [0, 0.1) is 0 Å². The summed E-state index contributed by atoms with van der Waals surface area (Å²) >= 11 is 6.19. The molecule has 0 unspecified atom stereocenters. The molecule has 0 amide bonds. The Balaban J connectivity index is 2.36. The van der Waals surface area contributed by atoms with Crippen LogP contribution in [0.2, 0.25) is 0 Å². The summed E-state index contributed by atoms with van der Waals surface area (Å²) < 4.78 is 15.8. The van der Waals surface area contributed by atoms with E-state index in [2.05, 4.69) is 10.3 Å². The lowest BCUT2D eigenvalue weighted by Gasteiger charge is -2.31. The largest absolute Gasteiger partial charge is 0.313 e. The summed E-state index contributed by atoms with van der Waals surface area (Å²) in [6.07, 6.45) is 3.84. The predicted octanol–water partition coefficient (Wildman–Crippen LogP) is -0.268. The van der Waals surface area contributed by atoms with E-state index in [1.165, 1.54) is 0 Å². The lowest BCUT2D eigenvalue weighted by molar-refractivity contribution is 0.462. The first kappa shape index (κ1) is 15.2. The second kappa shape index (κ2) is 6.22. The fourth-order valence-corrected chi connectivity index (χ4v) is 3.05. The molecule has 0 aromatic carbocycles. The minimum absolute atomic E-state index is 0.0863. The third-order valence-corrected chi connectivity index (χ3v) is 4.19. The van der Waals surface area contributed by atoms with Gasteiger partial charge < -0.3 is 10.3 Å². The molecular weight excluding hydrogens is 307 g/mol. The zero-order valence-corrected chi connectivity index (χ0v) is 13.2. The van der Waals surface area contributed by atoms with Crippen LogP contribution in [0.15, 0.2) is 16.9 Å². The van der Waals surface area contributed by atoms with E-state index >= 15 is 0 Å². The van der Waals surface area contributed by atoms with Crippen LogP contribution in [0.3, 0.4) is 0 Å². The summed E-state index contributed by atoms with van der Waals surface area (Å²) in [5, 5.41) is 5.68. The minimum atomic E-state index is -0.416. The molecule has 2 heterocycles. The highest BCUT2D eigenvalue weighted by atomic mass is 35.5. The van der Waals surface area contributed by atoms with Crippen molar-refractivity contribution in [1.82, 2.24) is 15.0 Å². The molecule has 1 N–H and O–H groups in total. The number of hydrogen-bond acceptors (Lipinski definition) is 4. The molecule has 1 aromatic heterocycles. The Bertz CT molecular complexity index is 793. The minimum Gasteiger partial charge on any atom is -0.313 e. The van der Waals surface area contributed by atoms with E-state index in [4.69, 9.17) is 11.6 Å². The van der Waals surface area contributed by atoms with Crippen molar-refractivity contribution in [2.75, 3.05) is 31.2 Å². The van der Waals surface area contributed by atoms with Crippen molar-refractivity contribution in [3.63, 3.8) is 0 Å². The molecule has 0 saturated carbocycles. The van der Waals surface area contributed by atoms with E-state index in [-0.39, 0.29) is 27.6 Å². The van der Waals surface area contributed by atoms with E-state index in [1.54, 1.807) is 16.8 Å². The summed E-state index contributed by atoms with van der Waals surface area (Å²) in [6, 6.07) is 0. The molecule has 3 rings (SSSR count). The highest BCUT2D eigenvalue weighted by Crippen LogP contribution is 2.09. The van der Waals surface area contributed by atoms with Crippen molar-refractivity contribution in [2.45, 2.75) is 19.8 Å². The summed E-state index contributed by atoms with van der Waals surface area (Å²) in [4.78, 5) is 17.3. The zero-order chi connectivity index (χ0) is 15.7. The maximum Gasteiger partial charge on any atom is 0.281 e. The molecule has 7 heteroatoms. The van der Waals surface area contributed by atoms with Gasteiger partial charge in [0.15, 0.2) is 0 Å². The second-order valence-electron chi connectivity index (χ2n) is 5.29. The van der Waals surface area contributed by atoms with Crippen LogP contribution in [-0.2, 0) is 6.42 Å². The molecule has 0 radical (unpaired) electrons. The number of rotatable bonds is 2. The monoisotopic (exact) mass is 324 g/mol. The van der Waals surface area contributed by atoms with Crippen LogP contribution < -0.4 is 26.5 Å². The van der Waals surface area contributed by atoms with Gasteiger partial charge in [0.05, 0.1) is 10.3 Å². The van der Waals surface area contributed by atoms with Crippen LogP contribution in [0.25, 0.3) is 10.9 Å². The molecule has 118 valence electrons. The Morgan fingerprint density at radius 2 is 2.14 bits per heavy atom. The highest BCUT2D eigenvalue weighted by molar-refractivity contribution is 6.47. The van der Waals surface area contributed by atoms with E-state index in [1.807, 2.05) is 11.9 Å². The number of aromatic nitrogens is 2. The van der Waals surface area contributed by atoms with Crippen molar-refractivity contribution in [3.8, 4) is 0 Å². The Kier molecular flexibility index (Phi) is 4.31. The molecule has 22 heavy (non-hydrogen) atoms. The van der Waals surface area contributed by atoms with Crippen molar-refractivity contribution in [1.29, 1.82) is 0 Å². The number of aryl methyl sites for hydroxylation is 1. The van der Waals surface area contributed by atoms with Gasteiger partial charge in [-0.2, -0.15) is 0 Å². The summed E-state index contributed by atoms with van der Waals surface area (Å²) in [5.74, 6) is 0.147. The summed E-state index contributed by atoms with van der Waals surface area (Å²) in [5.41, 5.74) is -0.296. The summed E-state index contributed by atoms with van der Waals surface area (Å²) in [6.45, 7) is 4.90. The number of piperazine rings is 1. The average molecular weight is 325 g/mol. The first-order chi connectivity index (χ1) is 10.6. The Morgan fingerprint density at radius 3 is 2.82 bits per heavy atom. The van der Waals surface area contributed by atoms with Gasteiger partial charge in [-0.1, -0.05) is 24.6 Å². The number of nitrogens with one attached hydrogen (secondary N) is 1. The van der Waals surface area contributed by atoms with E-state index < -0.39 is 5.83 Å². The number of halogens is 2. The lowest BCUT2D eigenvalue weighted by atomic mass is 10.3. The van der Waals surface area contributed by atoms with Gasteiger partial charge in [0.1, 0.15) is 17.0 Å². The van der Waals surface area contributed by atoms with Gasteiger partial charge in [0, 0.05) is 39.0 Å². The first-order valence-electron chi connectivity index (χ1n) is 7.46. The Morgan fingerprint density at radius 1 is 1.41 bits per heavy atom. The maximum absolute atomic E-state index is 14.2. The first-order valence-corrected chi connectivity index (χ1v) is 7.84. The molecule has 1 aromatic rings. The number of fused-ring (bicyclic) bond motifs is 1. The molecule has 1 fully saturated rings. The molecule has 0 spiro atoms. The van der Waals surface area contributed by atoms with E-state index in [0.29, 0.717) is 25.3 Å². The molecule has 0 atom stereocenters. The van der Waals surface area contributed by atoms with Crippen LogP contribution in [0.4, 0.5) is 4.39 Å². The topological polar surface area (TPSA) is 50.2 Å². The van der Waals surface area contributed by atoms with Gasteiger partial charge in [0.2, 0.25) is 0 Å². The molecular formula is C15H18ClFN4O.